The van der Waals surface area contributed by atoms with Crippen molar-refractivity contribution in [3.63, 3.8) is 0 Å². The van der Waals surface area contributed by atoms with Gasteiger partial charge in [0.25, 0.3) is 0 Å². The summed E-state index contributed by atoms with van der Waals surface area (Å²) in [5.74, 6) is 0.797. The molecule has 0 saturated carbocycles. The second-order valence-corrected chi connectivity index (χ2v) is 4.94. The van der Waals surface area contributed by atoms with Crippen molar-refractivity contribution < 1.29 is 4.74 Å². The first-order valence-electron chi connectivity index (χ1n) is 7.15. The van der Waals surface area contributed by atoms with Crippen LogP contribution in [0.4, 0.5) is 0 Å². The molecule has 0 radical (unpaired) electrons. The van der Waals surface area contributed by atoms with Crippen LogP contribution in [0.5, 0.6) is 5.75 Å². The van der Waals surface area contributed by atoms with Crippen molar-refractivity contribution in [3.05, 3.63) is 75.3 Å². The summed E-state index contributed by atoms with van der Waals surface area (Å²) in [6.07, 6.45) is 0.641. The van der Waals surface area contributed by atoms with Gasteiger partial charge in [-0.25, -0.2) is 0 Å². The first kappa shape index (κ1) is 14.1. The molecule has 0 aliphatic rings. The van der Waals surface area contributed by atoms with Crippen LogP contribution in [-0.2, 0) is 6.54 Å². The van der Waals surface area contributed by atoms with E-state index >= 15 is 0 Å². The molecule has 0 unspecified atom stereocenters. The number of nitrogens with one attached hydrogen (secondary N) is 1. The molecule has 0 bridgehead atoms. The van der Waals surface area contributed by atoms with E-state index < -0.39 is 11.1 Å². The average molecular weight is 296 g/mol. The minimum Gasteiger partial charge on any atom is -0.494 e. The van der Waals surface area contributed by atoms with Crippen LogP contribution in [-0.4, -0.2) is 16.2 Å². The maximum absolute atomic E-state index is 12.0. The summed E-state index contributed by atoms with van der Waals surface area (Å²) in [4.78, 5) is 26.3. The van der Waals surface area contributed by atoms with Crippen molar-refractivity contribution in [2.75, 3.05) is 6.61 Å². The number of nitrogens with zero attached hydrogens (tertiary/aromatic N) is 1. The van der Waals surface area contributed by atoms with Crippen LogP contribution in [0.1, 0.15) is 6.42 Å². The smallest absolute Gasteiger partial charge is 0.316 e. The summed E-state index contributed by atoms with van der Waals surface area (Å²) in [7, 11) is 0. The quantitative estimate of drug-likeness (QED) is 0.579. The highest BCUT2D eigenvalue weighted by molar-refractivity contribution is 5.74. The van der Waals surface area contributed by atoms with E-state index in [0.29, 0.717) is 25.1 Å². The van der Waals surface area contributed by atoms with Crippen molar-refractivity contribution in [2.24, 2.45) is 0 Å². The van der Waals surface area contributed by atoms with Gasteiger partial charge in [0, 0.05) is 6.54 Å². The van der Waals surface area contributed by atoms with Crippen molar-refractivity contribution in [3.8, 4) is 5.75 Å². The second-order valence-electron chi connectivity index (χ2n) is 4.94. The lowest BCUT2D eigenvalue weighted by Crippen LogP contribution is -2.36. The highest BCUT2D eigenvalue weighted by atomic mass is 16.5. The molecular weight excluding hydrogens is 280 g/mol. The summed E-state index contributed by atoms with van der Waals surface area (Å²) in [6.45, 7) is 0.924. The van der Waals surface area contributed by atoms with Crippen molar-refractivity contribution in [1.82, 2.24) is 9.55 Å². The molecule has 1 heterocycles. The summed E-state index contributed by atoms with van der Waals surface area (Å²) in [5, 5.41) is 0. The van der Waals surface area contributed by atoms with Gasteiger partial charge in [0.05, 0.1) is 17.6 Å². The molecule has 112 valence electrons. The molecule has 1 aromatic heterocycles. The number of aromatic nitrogens is 2. The van der Waals surface area contributed by atoms with Crippen molar-refractivity contribution in [1.29, 1.82) is 0 Å². The normalized spacial score (nSPS) is 10.7. The van der Waals surface area contributed by atoms with E-state index in [1.54, 1.807) is 6.07 Å². The minimum atomic E-state index is -0.595. The van der Waals surface area contributed by atoms with Crippen LogP contribution in [0, 0.1) is 0 Å². The molecule has 0 atom stereocenters. The first-order valence-corrected chi connectivity index (χ1v) is 7.15. The fourth-order valence-corrected chi connectivity index (χ4v) is 2.37. The fourth-order valence-electron chi connectivity index (χ4n) is 2.37. The van der Waals surface area contributed by atoms with E-state index in [1.165, 1.54) is 4.57 Å². The summed E-state index contributed by atoms with van der Waals surface area (Å²) < 4.78 is 7.11. The molecule has 3 rings (SSSR count). The average Bonchev–Trinajstić information content (AvgIpc) is 2.55. The Kier molecular flexibility index (Phi) is 4.05. The lowest BCUT2D eigenvalue weighted by molar-refractivity contribution is 0.302. The molecular formula is C17H16N2O3. The Morgan fingerprint density at radius 2 is 1.68 bits per heavy atom. The maximum atomic E-state index is 12.0. The number of ether oxygens (including phenoxy) is 1. The van der Waals surface area contributed by atoms with E-state index in [2.05, 4.69) is 4.98 Å². The van der Waals surface area contributed by atoms with Gasteiger partial charge < -0.3 is 14.3 Å². The molecule has 0 fully saturated rings. The van der Waals surface area contributed by atoms with Crippen LogP contribution in [0.25, 0.3) is 11.0 Å². The van der Waals surface area contributed by atoms with E-state index in [4.69, 9.17) is 4.74 Å². The van der Waals surface area contributed by atoms with Gasteiger partial charge in [-0.2, -0.15) is 0 Å². The van der Waals surface area contributed by atoms with Crippen molar-refractivity contribution >= 4 is 11.0 Å². The number of para-hydroxylation sites is 3. The minimum absolute atomic E-state index is 0.441. The zero-order chi connectivity index (χ0) is 15.4. The highest BCUT2D eigenvalue weighted by Gasteiger charge is 2.06. The predicted molar refractivity (Wildman–Crippen MR) is 85.4 cm³/mol. The zero-order valence-electron chi connectivity index (χ0n) is 12.0. The number of aromatic amines is 1. The maximum Gasteiger partial charge on any atom is 0.316 e. The van der Waals surface area contributed by atoms with Crippen LogP contribution < -0.4 is 15.9 Å². The van der Waals surface area contributed by atoms with Gasteiger partial charge in [0.15, 0.2) is 0 Å². The topological polar surface area (TPSA) is 64.1 Å². The van der Waals surface area contributed by atoms with E-state index in [-0.39, 0.29) is 0 Å². The Hall–Kier alpha value is -2.82. The third-order valence-electron chi connectivity index (χ3n) is 3.42. The number of benzene rings is 2. The SMILES string of the molecule is O=c1[nH]c2ccccc2n(CCCOc2ccccc2)c1=O. The molecule has 2 aromatic carbocycles. The third-order valence-corrected chi connectivity index (χ3v) is 3.42. The van der Waals surface area contributed by atoms with Crippen LogP contribution in [0.2, 0.25) is 0 Å². The largest absolute Gasteiger partial charge is 0.494 e. The third kappa shape index (κ3) is 2.93. The second kappa shape index (κ2) is 6.30. The van der Waals surface area contributed by atoms with Crippen LogP contribution >= 0.6 is 0 Å². The summed E-state index contributed by atoms with van der Waals surface area (Å²) >= 11 is 0. The molecule has 5 heteroatoms. The van der Waals surface area contributed by atoms with Gasteiger partial charge in [0.1, 0.15) is 5.75 Å². The first-order chi connectivity index (χ1) is 10.8. The zero-order valence-corrected chi connectivity index (χ0v) is 12.0. The fraction of sp³-hybridized carbons (Fsp3) is 0.176. The van der Waals surface area contributed by atoms with Gasteiger partial charge in [0.2, 0.25) is 0 Å². The van der Waals surface area contributed by atoms with Gasteiger partial charge in [-0.3, -0.25) is 9.59 Å². The molecule has 22 heavy (non-hydrogen) atoms. The molecule has 0 spiro atoms. The number of hydrogen-bond acceptors (Lipinski definition) is 3. The molecule has 0 amide bonds. The predicted octanol–water partition coefficient (Wildman–Crippen LogP) is 2.16. The van der Waals surface area contributed by atoms with E-state index in [1.807, 2.05) is 48.5 Å². The number of fused-ring (bicyclic) bond motifs is 1. The lowest BCUT2D eigenvalue weighted by Gasteiger charge is -2.10. The number of hydrogen-bond donors (Lipinski definition) is 1. The van der Waals surface area contributed by atoms with Gasteiger partial charge in [-0.15, -0.1) is 0 Å². The van der Waals surface area contributed by atoms with Crippen LogP contribution in [0.3, 0.4) is 0 Å². The molecule has 0 aliphatic carbocycles. The Bertz CT molecular complexity index is 882. The van der Waals surface area contributed by atoms with Crippen molar-refractivity contribution in [2.45, 2.75) is 13.0 Å². The molecule has 0 saturated heterocycles. The van der Waals surface area contributed by atoms with Gasteiger partial charge in [-0.1, -0.05) is 30.3 Å². The van der Waals surface area contributed by atoms with E-state index in [0.717, 1.165) is 11.3 Å². The highest BCUT2D eigenvalue weighted by Crippen LogP contribution is 2.10. The Balaban J connectivity index is 1.75. The lowest BCUT2D eigenvalue weighted by atomic mass is 10.3. The molecule has 5 nitrogen and oxygen atoms in total. The molecule has 1 N–H and O–H groups in total. The number of rotatable bonds is 5. The van der Waals surface area contributed by atoms with Gasteiger partial charge >= 0.3 is 11.1 Å². The number of H-pyrrole nitrogens is 1. The standard InChI is InChI=1S/C17H16N2O3/c20-16-17(21)19(15-10-5-4-9-14(15)18-16)11-6-12-22-13-7-2-1-3-8-13/h1-5,7-10H,6,11-12H2,(H,18,20). The van der Waals surface area contributed by atoms with Gasteiger partial charge in [-0.05, 0) is 30.7 Å². The van der Waals surface area contributed by atoms with E-state index in [9.17, 15) is 9.59 Å². The monoisotopic (exact) mass is 296 g/mol. The Morgan fingerprint density at radius 3 is 2.50 bits per heavy atom. The Morgan fingerprint density at radius 1 is 0.955 bits per heavy atom. The molecule has 0 aliphatic heterocycles. The molecule has 3 aromatic rings. The number of aryl methyl sites for hydroxylation is 1. The van der Waals surface area contributed by atoms with Crippen LogP contribution in [0.15, 0.2) is 64.2 Å². The Labute approximate surface area is 126 Å². The summed E-state index contributed by atoms with van der Waals surface area (Å²) in [5.41, 5.74) is 0.268. The summed E-state index contributed by atoms with van der Waals surface area (Å²) in [6, 6.07) is 16.8.